The summed E-state index contributed by atoms with van der Waals surface area (Å²) in [6.45, 7) is 1.19. The number of carboxylic acid groups (broad SMARTS) is 1. The Morgan fingerprint density at radius 1 is 1.18 bits per heavy atom. The normalized spacial score (nSPS) is 27.8. The first kappa shape index (κ1) is 15.9. The molecule has 1 aliphatic heterocycles. The molecule has 0 atom stereocenters. The van der Waals surface area contributed by atoms with Crippen LogP contribution < -0.4 is 0 Å². The fraction of sp³-hybridized carbons (Fsp3) is 0.381. The first-order chi connectivity index (χ1) is 13.5. The maximum Gasteiger partial charge on any atom is 0.309 e. The number of aromatic nitrogens is 3. The Hall–Kier alpha value is -3.09. The van der Waals surface area contributed by atoms with Gasteiger partial charge in [-0.05, 0) is 31.4 Å². The first-order valence-corrected chi connectivity index (χ1v) is 9.67. The summed E-state index contributed by atoms with van der Waals surface area (Å²) < 4.78 is 2.07. The van der Waals surface area contributed by atoms with Gasteiger partial charge in [0.15, 0.2) is 0 Å². The summed E-state index contributed by atoms with van der Waals surface area (Å²) in [5, 5.41) is 15.0. The lowest BCUT2D eigenvalue weighted by Gasteiger charge is -2.67. The standard InChI is InChI=1S/C21H20N4O3/c26-18(16-7-13-3-1-2-4-15(13)23-16)24-6-5-17-14(9-24)8-22-25(17)21-10-20(11-21,12-21)19(27)28/h1-4,7-8,23H,5-6,9-12H2,(H,27,28). The molecule has 2 bridgehead atoms. The lowest BCUT2D eigenvalue weighted by Crippen LogP contribution is -2.71. The van der Waals surface area contributed by atoms with E-state index in [1.165, 1.54) is 5.69 Å². The zero-order valence-corrected chi connectivity index (χ0v) is 15.3. The fourth-order valence-corrected chi connectivity index (χ4v) is 5.46. The molecular formula is C21H20N4O3. The van der Waals surface area contributed by atoms with Gasteiger partial charge in [0.1, 0.15) is 5.69 Å². The molecule has 3 heterocycles. The van der Waals surface area contributed by atoms with Crippen LogP contribution in [0.25, 0.3) is 10.9 Å². The molecule has 3 aliphatic carbocycles. The number of nitrogens with one attached hydrogen (secondary N) is 1. The Balaban J connectivity index is 1.23. The van der Waals surface area contributed by atoms with Crippen molar-refractivity contribution >= 4 is 22.8 Å². The Kier molecular flexibility index (Phi) is 2.86. The Morgan fingerprint density at radius 3 is 2.71 bits per heavy atom. The van der Waals surface area contributed by atoms with Crippen molar-refractivity contribution in [3.05, 3.63) is 53.5 Å². The van der Waals surface area contributed by atoms with Gasteiger partial charge in [-0.2, -0.15) is 5.10 Å². The van der Waals surface area contributed by atoms with Gasteiger partial charge < -0.3 is 15.0 Å². The summed E-state index contributed by atoms with van der Waals surface area (Å²) >= 11 is 0. The number of carbonyl (C=O) groups is 2. The zero-order chi connectivity index (χ0) is 19.1. The molecule has 7 rings (SSSR count). The largest absolute Gasteiger partial charge is 0.481 e. The number of nitrogens with zero attached hydrogens (tertiary/aromatic N) is 3. The van der Waals surface area contributed by atoms with Crippen molar-refractivity contribution in [3.8, 4) is 0 Å². The van der Waals surface area contributed by atoms with Gasteiger partial charge in [0.05, 0.1) is 17.2 Å². The molecule has 3 saturated carbocycles. The van der Waals surface area contributed by atoms with Crippen LogP contribution in [0.1, 0.15) is 41.0 Å². The fourth-order valence-electron chi connectivity index (χ4n) is 5.46. The van der Waals surface area contributed by atoms with Gasteiger partial charge in [0.25, 0.3) is 5.91 Å². The molecule has 3 fully saturated rings. The van der Waals surface area contributed by atoms with E-state index in [1.807, 2.05) is 41.4 Å². The predicted octanol–water partition coefficient (Wildman–Crippen LogP) is 2.53. The smallest absolute Gasteiger partial charge is 0.309 e. The quantitative estimate of drug-likeness (QED) is 0.735. The Morgan fingerprint density at radius 2 is 1.96 bits per heavy atom. The van der Waals surface area contributed by atoms with Crippen LogP contribution in [0.3, 0.4) is 0 Å². The highest BCUT2D eigenvalue weighted by atomic mass is 16.4. The molecule has 28 heavy (non-hydrogen) atoms. The summed E-state index contributed by atoms with van der Waals surface area (Å²) in [5.74, 6) is -0.671. The average Bonchev–Trinajstić information content (AvgIpc) is 3.22. The number of carbonyl (C=O) groups excluding carboxylic acids is 1. The van der Waals surface area contributed by atoms with Gasteiger partial charge in [-0.3, -0.25) is 14.3 Å². The third-order valence-electron chi connectivity index (χ3n) is 6.89. The highest BCUT2D eigenvalue weighted by molar-refractivity contribution is 5.98. The molecular weight excluding hydrogens is 356 g/mol. The number of carboxylic acids is 1. The van der Waals surface area contributed by atoms with E-state index < -0.39 is 11.4 Å². The van der Waals surface area contributed by atoms with E-state index in [1.54, 1.807) is 0 Å². The topological polar surface area (TPSA) is 91.2 Å². The molecule has 0 spiro atoms. The second-order valence-electron chi connectivity index (χ2n) is 8.62. The van der Waals surface area contributed by atoms with Crippen LogP contribution in [-0.2, 0) is 23.3 Å². The molecule has 0 saturated heterocycles. The summed E-state index contributed by atoms with van der Waals surface area (Å²) in [6, 6.07) is 9.79. The second kappa shape index (κ2) is 5.04. The van der Waals surface area contributed by atoms with Crippen molar-refractivity contribution in [1.82, 2.24) is 19.7 Å². The van der Waals surface area contributed by atoms with Gasteiger partial charge in [-0.15, -0.1) is 0 Å². The van der Waals surface area contributed by atoms with Crippen LogP contribution in [-0.4, -0.2) is 43.2 Å². The van der Waals surface area contributed by atoms with Gasteiger partial charge >= 0.3 is 5.97 Å². The molecule has 7 heteroatoms. The molecule has 7 nitrogen and oxygen atoms in total. The maximum absolute atomic E-state index is 13.0. The van der Waals surface area contributed by atoms with Crippen molar-refractivity contribution in [2.24, 2.45) is 5.41 Å². The molecule has 2 N–H and O–H groups in total. The van der Waals surface area contributed by atoms with Crippen LogP contribution in [0, 0.1) is 5.41 Å². The number of fused-ring (bicyclic) bond motifs is 2. The van der Waals surface area contributed by atoms with Crippen LogP contribution >= 0.6 is 0 Å². The molecule has 1 aromatic carbocycles. The lowest BCUT2D eigenvalue weighted by molar-refractivity contribution is -0.217. The molecule has 4 aliphatic rings. The maximum atomic E-state index is 13.0. The van der Waals surface area contributed by atoms with Crippen molar-refractivity contribution in [2.45, 2.75) is 37.8 Å². The number of H-pyrrole nitrogens is 1. The van der Waals surface area contributed by atoms with E-state index in [-0.39, 0.29) is 11.4 Å². The highest BCUT2D eigenvalue weighted by Gasteiger charge is 2.74. The monoisotopic (exact) mass is 376 g/mol. The minimum atomic E-state index is -0.675. The van der Waals surface area contributed by atoms with Crippen molar-refractivity contribution in [2.75, 3.05) is 6.54 Å². The highest BCUT2D eigenvalue weighted by Crippen LogP contribution is 2.71. The number of rotatable bonds is 3. The van der Waals surface area contributed by atoms with E-state index in [2.05, 4.69) is 14.8 Å². The second-order valence-corrected chi connectivity index (χ2v) is 8.62. The first-order valence-electron chi connectivity index (χ1n) is 9.67. The number of amides is 1. The minimum absolute atomic E-state index is 0.00458. The summed E-state index contributed by atoms with van der Waals surface area (Å²) in [7, 11) is 0. The molecule has 142 valence electrons. The van der Waals surface area contributed by atoms with E-state index in [0.717, 1.165) is 22.9 Å². The zero-order valence-electron chi connectivity index (χ0n) is 15.3. The summed E-state index contributed by atoms with van der Waals surface area (Å²) in [4.78, 5) is 29.4. The van der Waals surface area contributed by atoms with E-state index in [4.69, 9.17) is 0 Å². The van der Waals surface area contributed by atoms with Gasteiger partial charge in [-0.1, -0.05) is 18.2 Å². The minimum Gasteiger partial charge on any atom is -0.481 e. The van der Waals surface area contributed by atoms with Gasteiger partial charge in [0, 0.05) is 41.7 Å². The number of hydrogen-bond acceptors (Lipinski definition) is 3. The molecule has 2 aromatic heterocycles. The van der Waals surface area contributed by atoms with Crippen molar-refractivity contribution < 1.29 is 14.7 Å². The lowest BCUT2D eigenvalue weighted by atomic mass is 9.39. The number of benzene rings is 1. The molecule has 0 radical (unpaired) electrons. The number of hydrogen-bond donors (Lipinski definition) is 2. The van der Waals surface area contributed by atoms with Crippen molar-refractivity contribution in [3.63, 3.8) is 0 Å². The third-order valence-corrected chi connectivity index (χ3v) is 6.89. The average molecular weight is 376 g/mol. The third kappa shape index (κ3) is 1.91. The van der Waals surface area contributed by atoms with Gasteiger partial charge in [0.2, 0.25) is 0 Å². The van der Waals surface area contributed by atoms with E-state index >= 15 is 0 Å². The van der Waals surface area contributed by atoms with Crippen LogP contribution in [0.4, 0.5) is 0 Å². The SMILES string of the molecule is O=C(c1cc2ccccc2[nH]1)N1CCc2c(cnn2C23CC(C(=O)O)(C2)C3)C1. The number of para-hydroxylation sites is 1. The predicted molar refractivity (Wildman–Crippen MR) is 101 cm³/mol. The summed E-state index contributed by atoms with van der Waals surface area (Å²) in [6.07, 6.45) is 4.65. The van der Waals surface area contributed by atoms with Crippen LogP contribution in [0.5, 0.6) is 0 Å². The molecule has 3 aromatic rings. The van der Waals surface area contributed by atoms with Crippen molar-refractivity contribution in [1.29, 1.82) is 0 Å². The van der Waals surface area contributed by atoms with Gasteiger partial charge in [-0.25, -0.2) is 0 Å². The number of aromatic amines is 1. The van der Waals surface area contributed by atoms with Crippen LogP contribution in [0.2, 0.25) is 0 Å². The van der Waals surface area contributed by atoms with Crippen LogP contribution in [0.15, 0.2) is 36.5 Å². The molecule has 0 unspecified atom stereocenters. The summed E-state index contributed by atoms with van der Waals surface area (Å²) in [5.41, 5.74) is 3.21. The Bertz CT molecular complexity index is 1100. The van der Waals surface area contributed by atoms with E-state index in [9.17, 15) is 14.7 Å². The number of aliphatic carboxylic acids is 1. The Labute approximate surface area is 160 Å². The van der Waals surface area contributed by atoms with E-state index in [0.29, 0.717) is 38.0 Å². The molecule has 1 amide bonds.